The van der Waals surface area contributed by atoms with Gasteiger partial charge < -0.3 is 0 Å². The lowest BCUT2D eigenvalue weighted by Gasteiger charge is -2.31. The topological polar surface area (TPSA) is 0 Å². The maximum atomic E-state index is 6.06. The Kier molecular flexibility index (Phi) is 4.98. The summed E-state index contributed by atoms with van der Waals surface area (Å²) in [6.45, 7) is 4.70. The third-order valence-electron chi connectivity index (χ3n) is 4.34. The van der Waals surface area contributed by atoms with Gasteiger partial charge in [-0.1, -0.05) is 43.1 Å². The van der Waals surface area contributed by atoms with Gasteiger partial charge in [-0.15, -0.1) is 0 Å². The SMILES string of the molecule is CC(C)C1CCC(Cc2ccc(Cl)c(Cl)c2)CC1. The van der Waals surface area contributed by atoms with Gasteiger partial charge in [0.1, 0.15) is 0 Å². The van der Waals surface area contributed by atoms with E-state index in [-0.39, 0.29) is 0 Å². The van der Waals surface area contributed by atoms with Crippen LogP contribution in [0.1, 0.15) is 45.1 Å². The average Bonchev–Trinajstić information content (AvgIpc) is 2.34. The first-order valence-corrected chi connectivity index (χ1v) is 7.75. The van der Waals surface area contributed by atoms with Gasteiger partial charge in [0.05, 0.1) is 10.0 Å². The van der Waals surface area contributed by atoms with Crippen LogP contribution in [0.5, 0.6) is 0 Å². The standard InChI is InChI=1S/C16H22Cl2/c1-11(2)14-6-3-12(4-7-14)9-13-5-8-15(17)16(18)10-13/h5,8,10-12,14H,3-4,6-7,9H2,1-2H3. The molecule has 1 aliphatic rings. The van der Waals surface area contributed by atoms with Gasteiger partial charge in [0, 0.05) is 0 Å². The third kappa shape index (κ3) is 3.65. The minimum atomic E-state index is 0.656. The molecule has 0 spiro atoms. The minimum Gasteiger partial charge on any atom is -0.0827 e. The second kappa shape index (κ2) is 6.30. The second-order valence-corrected chi connectivity index (χ2v) is 6.79. The van der Waals surface area contributed by atoms with Gasteiger partial charge in [0.25, 0.3) is 0 Å². The molecule has 0 heterocycles. The average molecular weight is 285 g/mol. The first-order chi connectivity index (χ1) is 8.56. The number of halogens is 2. The Labute approximate surface area is 121 Å². The van der Waals surface area contributed by atoms with Gasteiger partial charge in [-0.25, -0.2) is 0 Å². The fourth-order valence-corrected chi connectivity index (χ4v) is 3.38. The zero-order chi connectivity index (χ0) is 13.1. The van der Waals surface area contributed by atoms with Crippen LogP contribution in [0, 0.1) is 17.8 Å². The van der Waals surface area contributed by atoms with Crippen LogP contribution in [0.3, 0.4) is 0 Å². The van der Waals surface area contributed by atoms with Crippen molar-refractivity contribution in [3.63, 3.8) is 0 Å². The first kappa shape index (κ1) is 14.2. The highest BCUT2D eigenvalue weighted by Crippen LogP contribution is 2.35. The Balaban J connectivity index is 1.89. The van der Waals surface area contributed by atoms with Gasteiger partial charge in [0.15, 0.2) is 0 Å². The van der Waals surface area contributed by atoms with E-state index in [0.29, 0.717) is 10.0 Å². The molecule has 0 saturated heterocycles. The molecule has 0 aromatic heterocycles. The van der Waals surface area contributed by atoms with Crippen molar-refractivity contribution >= 4 is 23.2 Å². The summed E-state index contributed by atoms with van der Waals surface area (Å²) in [5.74, 6) is 2.61. The number of rotatable bonds is 3. The van der Waals surface area contributed by atoms with Crippen molar-refractivity contribution in [1.82, 2.24) is 0 Å². The Morgan fingerprint density at radius 1 is 1.06 bits per heavy atom. The molecule has 0 aliphatic heterocycles. The van der Waals surface area contributed by atoms with Crippen LogP contribution in [0.2, 0.25) is 10.0 Å². The molecule has 18 heavy (non-hydrogen) atoms. The predicted molar refractivity (Wildman–Crippen MR) is 80.5 cm³/mol. The molecule has 100 valence electrons. The molecule has 0 unspecified atom stereocenters. The van der Waals surface area contributed by atoms with Crippen molar-refractivity contribution < 1.29 is 0 Å². The van der Waals surface area contributed by atoms with Crippen LogP contribution >= 0.6 is 23.2 Å². The third-order valence-corrected chi connectivity index (χ3v) is 5.08. The summed E-state index contributed by atoms with van der Waals surface area (Å²) in [6, 6.07) is 6.06. The lowest BCUT2D eigenvalue weighted by Crippen LogP contribution is -2.19. The fourth-order valence-electron chi connectivity index (χ4n) is 3.06. The van der Waals surface area contributed by atoms with Crippen LogP contribution < -0.4 is 0 Å². The van der Waals surface area contributed by atoms with Gasteiger partial charge in [-0.3, -0.25) is 0 Å². The van der Waals surface area contributed by atoms with Crippen molar-refractivity contribution in [3.8, 4) is 0 Å². The van der Waals surface area contributed by atoms with Crippen LogP contribution in [-0.4, -0.2) is 0 Å². The van der Waals surface area contributed by atoms with Gasteiger partial charge in [-0.2, -0.15) is 0 Å². The summed E-state index contributed by atoms with van der Waals surface area (Å²) in [7, 11) is 0. The van der Waals surface area contributed by atoms with Gasteiger partial charge in [-0.05, 0) is 67.6 Å². The van der Waals surface area contributed by atoms with E-state index < -0.39 is 0 Å². The highest BCUT2D eigenvalue weighted by Gasteiger charge is 2.23. The molecule has 0 nitrogen and oxygen atoms in total. The van der Waals surface area contributed by atoms with Gasteiger partial charge in [0.2, 0.25) is 0 Å². The molecule has 0 amide bonds. The van der Waals surface area contributed by atoms with Crippen molar-refractivity contribution in [2.45, 2.75) is 46.0 Å². The predicted octanol–water partition coefficient (Wildman–Crippen LogP) is 6.00. The van der Waals surface area contributed by atoms with E-state index in [4.69, 9.17) is 23.2 Å². The van der Waals surface area contributed by atoms with E-state index in [2.05, 4.69) is 19.9 Å². The van der Waals surface area contributed by atoms with E-state index in [9.17, 15) is 0 Å². The Morgan fingerprint density at radius 3 is 2.28 bits per heavy atom. The summed E-state index contributed by atoms with van der Waals surface area (Å²) in [4.78, 5) is 0. The number of hydrogen-bond acceptors (Lipinski definition) is 0. The van der Waals surface area contributed by atoms with Crippen LogP contribution in [0.15, 0.2) is 18.2 Å². The van der Waals surface area contributed by atoms with Crippen LogP contribution in [0.4, 0.5) is 0 Å². The highest BCUT2D eigenvalue weighted by atomic mass is 35.5. The molecule has 1 aliphatic carbocycles. The summed E-state index contributed by atoms with van der Waals surface area (Å²) in [6.07, 6.45) is 6.67. The molecule has 2 heteroatoms. The molecule has 0 bridgehead atoms. The van der Waals surface area contributed by atoms with E-state index >= 15 is 0 Å². The van der Waals surface area contributed by atoms with Crippen molar-refractivity contribution in [1.29, 1.82) is 0 Å². The van der Waals surface area contributed by atoms with E-state index in [1.165, 1.54) is 31.2 Å². The quantitative estimate of drug-likeness (QED) is 0.639. The summed E-state index contributed by atoms with van der Waals surface area (Å²) < 4.78 is 0. The summed E-state index contributed by atoms with van der Waals surface area (Å²) >= 11 is 12.0. The Bertz CT molecular complexity index is 390. The molecule has 1 aromatic rings. The highest BCUT2D eigenvalue weighted by molar-refractivity contribution is 6.42. The van der Waals surface area contributed by atoms with E-state index in [1.807, 2.05) is 12.1 Å². The summed E-state index contributed by atoms with van der Waals surface area (Å²) in [5, 5.41) is 1.34. The second-order valence-electron chi connectivity index (χ2n) is 5.98. The number of benzene rings is 1. The molecule has 0 N–H and O–H groups in total. The van der Waals surface area contributed by atoms with Crippen molar-refractivity contribution in [3.05, 3.63) is 33.8 Å². The molecule has 2 rings (SSSR count). The van der Waals surface area contributed by atoms with E-state index in [0.717, 1.165) is 24.2 Å². The molecule has 1 aromatic carbocycles. The molecular formula is C16H22Cl2. The van der Waals surface area contributed by atoms with Crippen molar-refractivity contribution in [2.24, 2.45) is 17.8 Å². The van der Waals surface area contributed by atoms with Crippen LogP contribution in [0.25, 0.3) is 0 Å². The van der Waals surface area contributed by atoms with Crippen molar-refractivity contribution in [2.75, 3.05) is 0 Å². The summed E-state index contributed by atoms with van der Waals surface area (Å²) in [5.41, 5.74) is 1.33. The number of hydrogen-bond donors (Lipinski definition) is 0. The lowest BCUT2D eigenvalue weighted by molar-refractivity contribution is 0.223. The maximum Gasteiger partial charge on any atom is 0.0595 e. The Morgan fingerprint density at radius 2 is 1.72 bits per heavy atom. The van der Waals surface area contributed by atoms with Gasteiger partial charge >= 0.3 is 0 Å². The molecule has 0 atom stereocenters. The largest absolute Gasteiger partial charge is 0.0827 e. The zero-order valence-corrected chi connectivity index (χ0v) is 12.8. The minimum absolute atomic E-state index is 0.656. The lowest BCUT2D eigenvalue weighted by atomic mass is 9.75. The smallest absolute Gasteiger partial charge is 0.0595 e. The molecular weight excluding hydrogens is 263 g/mol. The molecule has 1 fully saturated rings. The monoisotopic (exact) mass is 284 g/mol. The normalized spacial score (nSPS) is 24.5. The molecule has 0 radical (unpaired) electrons. The molecule has 1 saturated carbocycles. The maximum absolute atomic E-state index is 6.06. The fraction of sp³-hybridized carbons (Fsp3) is 0.625. The Hall–Kier alpha value is -0.200. The zero-order valence-electron chi connectivity index (χ0n) is 11.3. The van der Waals surface area contributed by atoms with E-state index in [1.54, 1.807) is 0 Å². The van der Waals surface area contributed by atoms with Crippen LogP contribution in [-0.2, 0) is 6.42 Å². The first-order valence-electron chi connectivity index (χ1n) is 7.00.